The van der Waals surface area contributed by atoms with E-state index < -0.39 is 12.1 Å². The number of esters is 1. The molecule has 0 spiro atoms. The van der Waals surface area contributed by atoms with Crippen LogP contribution in [0.25, 0.3) is 0 Å². The molecule has 1 unspecified atom stereocenters. The zero-order valence-electron chi connectivity index (χ0n) is 10.3. The van der Waals surface area contributed by atoms with E-state index in [-0.39, 0.29) is 0 Å². The zero-order chi connectivity index (χ0) is 13.5. The monoisotopic (exact) mass is 314 g/mol. The van der Waals surface area contributed by atoms with Crippen molar-refractivity contribution in [2.24, 2.45) is 0 Å². The van der Waals surface area contributed by atoms with E-state index in [1.54, 1.807) is 25.1 Å². The van der Waals surface area contributed by atoms with Crippen LogP contribution in [0.5, 0.6) is 5.75 Å². The molecule has 0 aliphatic heterocycles. The van der Waals surface area contributed by atoms with Crippen LogP contribution >= 0.6 is 15.9 Å². The van der Waals surface area contributed by atoms with Crippen LogP contribution in [-0.4, -0.2) is 25.0 Å². The minimum atomic E-state index is -0.706. The maximum absolute atomic E-state index is 11.6. The van der Waals surface area contributed by atoms with Crippen molar-refractivity contribution in [3.63, 3.8) is 0 Å². The van der Waals surface area contributed by atoms with Gasteiger partial charge in [0.25, 0.3) is 0 Å². The number of halogens is 1. The van der Waals surface area contributed by atoms with Crippen LogP contribution in [0.1, 0.15) is 30.6 Å². The molecular weight excluding hydrogens is 300 g/mol. The first-order chi connectivity index (χ1) is 8.63. The molecule has 0 aliphatic carbocycles. The van der Waals surface area contributed by atoms with Crippen LogP contribution in [0.3, 0.4) is 0 Å². The van der Waals surface area contributed by atoms with E-state index in [2.05, 4.69) is 15.9 Å². The summed E-state index contributed by atoms with van der Waals surface area (Å²) < 4.78 is 11.1. The number of carbonyl (C=O) groups excluding carboxylic acids is 2. The number of hydrogen-bond acceptors (Lipinski definition) is 4. The van der Waals surface area contributed by atoms with E-state index in [4.69, 9.17) is 9.47 Å². The number of rotatable bonds is 6. The molecule has 0 amide bonds. The Balaban J connectivity index is 2.94. The molecule has 0 aromatic heterocycles. The first kappa shape index (κ1) is 14.7. The third-order valence-corrected chi connectivity index (χ3v) is 2.93. The lowest BCUT2D eigenvalue weighted by molar-refractivity contribution is -0.151. The molecule has 0 bridgehead atoms. The normalized spacial score (nSPS) is 11.7. The van der Waals surface area contributed by atoms with Crippen LogP contribution in [-0.2, 0) is 9.53 Å². The molecule has 0 saturated carbocycles. The van der Waals surface area contributed by atoms with Crippen LogP contribution in [0.15, 0.2) is 22.7 Å². The molecule has 4 nitrogen and oxygen atoms in total. The number of ether oxygens (including phenoxy) is 2. The molecule has 1 aromatic carbocycles. The van der Waals surface area contributed by atoms with Crippen LogP contribution in [0.2, 0.25) is 0 Å². The van der Waals surface area contributed by atoms with Crippen molar-refractivity contribution in [3.8, 4) is 5.75 Å². The minimum absolute atomic E-state index is 0.301. The molecule has 98 valence electrons. The number of carbonyl (C=O) groups is 2. The third-order valence-electron chi connectivity index (χ3n) is 2.30. The average Bonchev–Trinajstić information content (AvgIpc) is 2.37. The van der Waals surface area contributed by atoms with Gasteiger partial charge in [-0.25, -0.2) is 4.79 Å². The Bertz CT molecular complexity index is 431. The average molecular weight is 315 g/mol. The van der Waals surface area contributed by atoms with Gasteiger partial charge in [0.1, 0.15) is 5.75 Å². The zero-order valence-corrected chi connectivity index (χ0v) is 11.9. The van der Waals surface area contributed by atoms with Crippen molar-refractivity contribution in [2.75, 3.05) is 6.61 Å². The molecule has 1 rings (SSSR count). The quantitative estimate of drug-likeness (QED) is 0.598. The first-order valence-electron chi connectivity index (χ1n) is 5.71. The molecule has 1 atom stereocenters. The van der Waals surface area contributed by atoms with Crippen LogP contribution < -0.4 is 4.74 Å². The lowest BCUT2D eigenvalue weighted by atomic mass is 10.2. The van der Waals surface area contributed by atoms with E-state index >= 15 is 0 Å². The summed E-state index contributed by atoms with van der Waals surface area (Å²) in [6, 6.07) is 5.11. The lowest BCUT2D eigenvalue weighted by Crippen LogP contribution is -2.29. The molecule has 1 aromatic rings. The number of para-hydroxylation sites is 1. The van der Waals surface area contributed by atoms with E-state index in [0.29, 0.717) is 35.1 Å². The van der Waals surface area contributed by atoms with Crippen LogP contribution in [0.4, 0.5) is 0 Å². The fourth-order valence-corrected chi connectivity index (χ4v) is 1.89. The third kappa shape index (κ3) is 3.57. The highest BCUT2D eigenvalue weighted by Crippen LogP contribution is 2.29. The van der Waals surface area contributed by atoms with Crippen molar-refractivity contribution in [2.45, 2.75) is 26.4 Å². The van der Waals surface area contributed by atoms with Gasteiger partial charge in [-0.05, 0) is 41.4 Å². The van der Waals surface area contributed by atoms with Gasteiger partial charge in [-0.2, -0.15) is 0 Å². The van der Waals surface area contributed by atoms with Crippen LogP contribution in [0, 0.1) is 0 Å². The fraction of sp³-hybridized carbons (Fsp3) is 0.385. The van der Waals surface area contributed by atoms with Gasteiger partial charge in [0.15, 0.2) is 12.4 Å². The van der Waals surface area contributed by atoms with E-state index in [1.807, 2.05) is 6.92 Å². The number of hydrogen-bond donors (Lipinski definition) is 0. The van der Waals surface area contributed by atoms with Gasteiger partial charge in [0, 0.05) is 0 Å². The van der Waals surface area contributed by atoms with Crippen molar-refractivity contribution < 1.29 is 19.1 Å². The largest absolute Gasteiger partial charge is 0.477 e. The summed E-state index contributed by atoms with van der Waals surface area (Å²) in [5.41, 5.74) is 0.395. The maximum atomic E-state index is 11.6. The van der Waals surface area contributed by atoms with E-state index in [9.17, 15) is 9.59 Å². The second-order valence-corrected chi connectivity index (χ2v) is 4.40. The molecule has 0 fully saturated rings. The Morgan fingerprint density at radius 3 is 2.72 bits per heavy atom. The summed E-state index contributed by atoms with van der Waals surface area (Å²) in [6.07, 6.45) is 0.457. The highest BCUT2D eigenvalue weighted by Gasteiger charge is 2.22. The predicted octanol–water partition coefficient (Wildman–Crippen LogP) is 2.98. The SMILES string of the molecule is CCOC(=O)C(CC)Oc1c(Br)cccc1C=O. The molecule has 0 radical (unpaired) electrons. The molecule has 18 heavy (non-hydrogen) atoms. The Kier molecular flexibility index (Phi) is 5.85. The van der Waals surface area contributed by atoms with Gasteiger partial charge in [0.05, 0.1) is 16.6 Å². The highest BCUT2D eigenvalue weighted by molar-refractivity contribution is 9.10. The first-order valence-corrected chi connectivity index (χ1v) is 6.50. The lowest BCUT2D eigenvalue weighted by Gasteiger charge is -2.18. The highest BCUT2D eigenvalue weighted by atomic mass is 79.9. The fourth-order valence-electron chi connectivity index (χ4n) is 1.42. The second kappa shape index (κ2) is 7.16. The van der Waals surface area contributed by atoms with E-state index in [0.717, 1.165) is 0 Å². The summed E-state index contributed by atoms with van der Waals surface area (Å²) in [6.45, 7) is 3.86. The summed E-state index contributed by atoms with van der Waals surface area (Å²) in [5, 5.41) is 0. The minimum Gasteiger partial charge on any atom is -0.477 e. The number of benzene rings is 1. The Morgan fingerprint density at radius 2 is 2.17 bits per heavy atom. The summed E-state index contributed by atoms with van der Waals surface area (Å²) in [5.74, 6) is -0.0556. The molecular formula is C13H15BrO4. The Labute approximate surface area is 114 Å². The summed E-state index contributed by atoms with van der Waals surface area (Å²) in [4.78, 5) is 22.6. The van der Waals surface area contributed by atoms with Gasteiger partial charge in [-0.15, -0.1) is 0 Å². The topological polar surface area (TPSA) is 52.6 Å². The molecule has 0 heterocycles. The summed E-state index contributed by atoms with van der Waals surface area (Å²) in [7, 11) is 0. The van der Waals surface area contributed by atoms with Gasteiger partial charge < -0.3 is 9.47 Å². The van der Waals surface area contributed by atoms with E-state index in [1.165, 1.54) is 0 Å². The summed E-state index contributed by atoms with van der Waals surface area (Å²) >= 11 is 3.30. The van der Waals surface area contributed by atoms with Crippen molar-refractivity contribution in [3.05, 3.63) is 28.2 Å². The van der Waals surface area contributed by atoms with Crippen molar-refractivity contribution in [1.29, 1.82) is 0 Å². The molecule has 0 saturated heterocycles. The maximum Gasteiger partial charge on any atom is 0.347 e. The molecule has 5 heteroatoms. The predicted molar refractivity (Wildman–Crippen MR) is 70.9 cm³/mol. The molecule has 0 N–H and O–H groups in total. The standard InChI is InChI=1S/C13H15BrO4/c1-3-11(13(16)17-4-2)18-12-9(8-15)6-5-7-10(12)14/h5-8,11H,3-4H2,1-2H3. The van der Waals surface area contributed by atoms with Gasteiger partial charge >= 0.3 is 5.97 Å². The van der Waals surface area contributed by atoms with Gasteiger partial charge in [0.2, 0.25) is 0 Å². The second-order valence-electron chi connectivity index (χ2n) is 3.54. The van der Waals surface area contributed by atoms with Gasteiger partial charge in [-0.1, -0.05) is 13.0 Å². The van der Waals surface area contributed by atoms with Crippen molar-refractivity contribution >= 4 is 28.2 Å². The number of aldehydes is 1. The Hall–Kier alpha value is -1.36. The Morgan fingerprint density at radius 1 is 1.44 bits per heavy atom. The smallest absolute Gasteiger partial charge is 0.347 e. The molecule has 0 aliphatic rings. The van der Waals surface area contributed by atoms with Gasteiger partial charge in [-0.3, -0.25) is 4.79 Å². The van der Waals surface area contributed by atoms with Crippen molar-refractivity contribution in [1.82, 2.24) is 0 Å².